The lowest BCUT2D eigenvalue weighted by Crippen LogP contribution is -2.47. The summed E-state index contributed by atoms with van der Waals surface area (Å²) in [6.45, 7) is 5.38. The lowest BCUT2D eigenvalue weighted by atomic mass is 10.2. The first-order valence-corrected chi connectivity index (χ1v) is 5.99. The van der Waals surface area contributed by atoms with E-state index in [0.717, 1.165) is 17.8 Å². The summed E-state index contributed by atoms with van der Waals surface area (Å²) >= 11 is 0. The number of nitrogens with zero attached hydrogens (tertiary/aromatic N) is 2. The van der Waals surface area contributed by atoms with E-state index in [1.807, 2.05) is 38.1 Å². The summed E-state index contributed by atoms with van der Waals surface area (Å²) < 4.78 is 0. The van der Waals surface area contributed by atoms with Crippen molar-refractivity contribution in [2.75, 3.05) is 18.1 Å². The van der Waals surface area contributed by atoms with Crippen LogP contribution in [0.3, 0.4) is 0 Å². The van der Waals surface area contributed by atoms with Crippen molar-refractivity contribution in [1.82, 2.24) is 5.01 Å². The number of carbonyl (C=O) groups is 1. The van der Waals surface area contributed by atoms with E-state index in [0.29, 0.717) is 13.0 Å². The van der Waals surface area contributed by atoms with E-state index in [-0.39, 0.29) is 11.9 Å². The smallest absolute Gasteiger partial charge is 0.242 e. The molecule has 1 aliphatic rings. The molecule has 2 rings (SSSR count). The van der Waals surface area contributed by atoms with E-state index < -0.39 is 0 Å². The van der Waals surface area contributed by atoms with Gasteiger partial charge >= 0.3 is 0 Å². The fourth-order valence-corrected chi connectivity index (χ4v) is 2.15. The van der Waals surface area contributed by atoms with Gasteiger partial charge in [-0.05, 0) is 31.5 Å². The SMILES string of the molecule is Cc1cccc(N2C(=O)CCN2C(C)CN)c1. The number of anilines is 1. The molecule has 0 saturated carbocycles. The molecule has 0 aromatic heterocycles. The second kappa shape index (κ2) is 4.85. The fraction of sp³-hybridized carbons (Fsp3) is 0.462. The van der Waals surface area contributed by atoms with Gasteiger partial charge in [0.1, 0.15) is 0 Å². The van der Waals surface area contributed by atoms with Gasteiger partial charge in [0.2, 0.25) is 5.91 Å². The molecule has 17 heavy (non-hydrogen) atoms. The maximum atomic E-state index is 12.0. The Morgan fingerprint density at radius 3 is 2.88 bits per heavy atom. The number of aryl methyl sites for hydroxylation is 1. The van der Waals surface area contributed by atoms with Crippen LogP contribution in [0.5, 0.6) is 0 Å². The van der Waals surface area contributed by atoms with E-state index in [9.17, 15) is 4.79 Å². The summed E-state index contributed by atoms with van der Waals surface area (Å²) in [6, 6.07) is 8.18. The van der Waals surface area contributed by atoms with Crippen LogP contribution in [-0.4, -0.2) is 30.0 Å². The first-order chi connectivity index (χ1) is 8.13. The standard InChI is InChI=1S/C13H19N3O/c1-10-4-3-5-12(8-10)16-13(17)6-7-15(16)11(2)9-14/h3-5,8,11H,6-7,9,14H2,1-2H3. The molecular formula is C13H19N3O. The number of benzene rings is 1. The van der Waals surface area contributed by atoms with E-state index in [1.54, 1.807) is 5.01 Å². The van der Waals surface area contributed by atoms with Gasteiger partial charge in [0.25, 0.3) is 0 Å². The first-order valence-electron chi connectivity index (χ1n) is 5.99. The van der Waals surface area contributed by atoms with Crippen LogP contribution in [0.15, 0.2) is 24.3 Å². The molecule has 1 aliphatic heterocycles. The second-order valence-corrected chi connectivity index (χ2v) is 4.54. The number of hydrogen-bond donors (Lipinski definition) is 1. The average Bonchev–Trinajstić information content (AvgIpc) is 2.70. The molecule has 1 aromatic rings. The van der Waals surface area contributed by atoms with Crippen LogP contribution in [0.1, 0.15) is 18.9 Å². The maximum Gasteiger partial charge on any atom is 0.242 e. The Hall–Kier alpha value is -1.39. The van der Waals surface area contributed by atoms with Gasteiger partial charge in [-0.3, -0.25) is 4.79 Å². The van der Waals surface area contributed by atoms with Crippen LogP contribution in [0.2, 0.25) is 0 Å². The number of rotatable bonds is 3. The van der Waals surface area contributed by atoms with Gasteiger partial charge in [0, 0.05) is 25.6 Å². The molecule has 2 N–H and O–H groups in total. The molecule has 0 spiro atoms. The van der Waals surface area contributed by atoms with Crippen LogP contribution >= 0.6 is 0 Å². The zero-order valence-electron chi connectivity index (χ0n) is 10.4. The zero-order valence-corrected chi connectivity index (χ0v) is 10.4. The van der Waals surface area contributed by atoms with Crippen LogP contribution in [0, 0.1) is 6.92 Å². The largest absolute Gasteiger partial charge is 0.329 e. The maximum absolute atomic E-state index is 12.0. The molecule has 0 radical (unpaired) electrons. The molecule has 1 atom stereocenters. The Bertz CT molecular complexity index is 419. The lowest BCUT2D eigenvalue weighted by molar-refractivity contribution is -0.118. The number of amides is 1. The van der Waals surface area contributed by atoms with E-state index in [2.05, 4.69) is 5.01 Å². The number of nitrogens with two attached hydrogens (primary N) is 1. The summed E-state index contributed by atoms with van der Waals surface area (Å²) in [5.41, 5.74) is 7.78. The van der Waals surface area contributed by atoms with Crippen molar-refractivity contribution in [2.24, 2.45) is 5.73 Å². The molecule has 1 saturated heterocycles. The van der Waals surface area contributed by atoms with Crippen molar-refractivity contribution in [3.05, 3.63) is 29.8 Å². The Kier molecular flexibility index (Phi) is 3.45. The third kappa shape index (κ3) is 2.33. The predicted octanol–water partition coefficient (Wildman–Crippen LogP) is 1.30. The summed E-state index contributed by atoms with van der Waals surface area (Å²) in [5.74, 6) is 0.149. The minimum Gasteiger partial charge on any atom is -0.329 e. The third-order valence-electron chi connectivity index (χ3n) is 3.14. The van der Waals surface area contributed by atoms with Crippen molar-refractivity contribution in [1.29, 1.82) is 0 Å². The molecule has 4 heteroatoms. The highest BCUT2D eigenvalue weighted by Crippen LogP contribution is 2.25. The molecule has 1 fully saturated rings. The highest BCUT2D eigenvalue weighted by molar-refractivity contribution is 5.94. The lowest BCUT2D eigenvalue weighted by Gasteiger charge is -2.32. The number of hydrazine groups is 1. The molecule has 1 unspecified atom stereocenters. The van der Waals surface area contributed by atoms with Gasteiger partial charge in [-0.15, -0.1) is 0 Å². The van der Waals surface area contributed by atoms with Crippen molar-refractivity contribution in [3.63, 3.8) is 0 Å². The van der Waals surface area contributed by atoms with Crippen molar-refractivity contribution in [3.8, 4) is 0 Å². The minimum atomic E-state index is 0.149. The van der Waals surface area contributed by atoms with Crippen LogP contribution in [0.25, 0.3) is 0 Å². The van der Waals surface area contributed by atoms with Crippen LogP contribution < -0.4 is 10.7 Å². The predicted molar refractivity (Wildman–Crippen MR) is 68.5 cm³/mol. The van der Waals surface area contributed by atoms with Crippen molar-refractivity contribution in [2.45, 2.75) is 26.3 Å². The van der Waals surface area contributed by atoms with Gasteiger partial charge in [-0.25, -0.2) is 10.0 Å². The zero-order chi connectivity index (χ0) is 12.4. The summed E-state index contributed by atoms with van der Waals surface area (Å²) in [4.78, 5) is 12.0. The van der Waals surface area contributed by atoms with Gasteiger partial charge in [-0.2, -0.15) is 0 Å². The normalized spacial score (nSPS) is 18.8. The van der Waals surface area contributed by atoms with Crippen molar-refractivity contribution >= 4 is 11.6 Å². The van der Waals surface area contributed by atoms with Gasteiger partial charge in [0.05, 0.1) is 5.69 Å². The Morgan fingerprint density at radius 2 is 2.24 bits per heavy atom. The van der Waals surface area contributed by atoms with Gasteiger partial charge < -0.3 is 5.73 Å². The Balaban J connectivity index is 2.30. The number of carbonyl (C=O) groups excluding carboxylic acids is 1. The van der Waals surface area contributed by atoms with Crippen molar-refractivity contribution < 1.29 is 4.79 Å². The molecule has 1 aromatic carbocycles. The third-order valence-corrected chi connectivity index (χ3v) is 3.14. The van der Waals surface area contributed by atoms with Crippen LogP contribution in [0.4, 0.5) is 5.69 Å². The summed E-state index contributed by atoms with van der Waals surface area (Å²) in [6.07, 6.45) is 0.568. The molecule has 1 amide bonds. The van der Waals surface area contributed by atoms with Gasteiger partial charge in [-0.1, -0.05) is 12.1 Å². The van der Waals surface area contributed by atoms with E-state index >= 15 is 0 Å². The highest BCUT2D eigenvalue weighted by atomic mass is 16.2. The Labute approximate surface area is 102 Å². The van der Waals surface area contributed by atoms with Gasteiger partial charge in [0.15, 0.2) is 0 Å². The summed E-state index contributed by atoms with van der Waals surface area (Å²) in [7, 11) is 0. The second-order valence-electron chi connectivity index (χ2n) is 4.54. The molecule has 4 nitrogen and oxygen atoms in total. The number of hydrogen-bond acceptors (Lipinski definition) is 3. The quantitative estimate of drug-likeness (QED) is 0.856. The first kappa shape index (κ1) is 12.1. The average molecular weight is 233 g/mol. The van der Waals surface area contributed by atoms with Crippen LogP contribution in [-0.2, 0) is 4.79 Å². The van der Waals surface area contributed by atoms with E-state index in [1.165, 1.54) is 0 Å². The highest BCUT2D eigenvalue weighted by Gasteiger charge is 2.32. The molecule has 0 aliphatic carbocycles. The monoisotopic (exact) mass is 233 g/mol. The Morgan fingerprint density at radius 1 is 1.47 bits per heavy atom. The minimum absolute atomic E-state index is 0.149. The molecular weight excluding hydrogens is 214 g/mol. The summed E-state index contributed by atoms with van der Waals surface area (Å²) in [5, 5.41) is 3.82. The van der Waals surface area contributed by atoms with E-state index in [4.69, 9.17) is 5.73 Å². The molecule has 1 heterocycles. The fourth-order valence-electron chi connectivity index (χ4n) is 2.15. The molecule has 92 valence electrons. The topological polar surface area (TPSA) is 49.6 Å². The molecule has 0 bridgehead atoms.